The molecule has 8 nitrogen and oxygen atoms in total. The number of pyridine rings is 1. The minimum Gasteiger partial charge on any atom is -0.377 e. The zero-order chi connectivity index (χ0) is 25.1. The van der Waals surface area contributed by atoms with Crippen molar-refractivity contribution in [3.8, 4) is 11.3 Å². The van der Waals surface area contributed by atoms with Crippen LogP contribution in [0.3, 0.4) is 0 Å². The van der Waals surface area contributed by atoms with E-state index in [2.05, 4.69) is 88.7 Å². The number of rotatable bonds is 7. The van der Waals surface area contributed by atoms with Crippen molar-refractivity contribution in [3.05, 3.63) is 60.8 Å². The molecule has 0 bridgehead atoms. The molecular weight excluding hydrogens is 452 g/mol. The molecule has 0 aliphatic carbocycles. The molecule has 2 aromatic heterocycles. The number of imidazole rings is 1. The highest BCUT2D eigenvalue weighted by molar-refractivity contribution is 5.79. The molecule has 2 fully saturated rings. The molecule has 2 aliphatic rings. The van der Waals surface area contributed by atoms with Gasteiger partial charge in [0.2, 0.25) is 0 Å². The third kappa shape index (κ3) is 5.88. The van der Waals surface area contributed by atoms with Gasteiger partial charge in [-0.25, -0.2) is 4.98 Å². The summed E-state index contributed by atoms with van der Waals surface area (Å²) in [7, 11) is 4.19. The molecule has 192 valence electrons. The topological polar surface area (TPSA) is 58.9 Å². The van der Waals surface area contributed by atoms with E-state index in [1.54, 1.807) is 0 Å². The zero-order valence-corrected chi connectivity index (χ0v) is 21.9. The van der Waals surface area contributed by atoms with Crippen molar-refractivity contribution < 1.29 is 9.47 Å². The lowest BCUT2D eigenvalue weighted by atomic mass is 9.96. The molecule has 0 amide bonds. The predicted molar refractivity (Wildman–Crippen MR) is 143 cm³/mol. The van der Waals surface area contributed by atoms with E-state index >= 15 is 0 Å². The number of hydrogen-bond acceptors (Lipinski definition) is 7. The van der Waals surface area contributed by atoms with Gasteiger partial charge in [-0.2, -0.15) is 0 Å². The summed E-state index contributed by atoms with van der Waals surface area (Å²) < 4.78 is 13.9. The van der Waals surface area contributed by atoms with E-state index < -0.39 is 0 Å². The fourth-order valence-electron chi connectivity index (χ4n) is 4.79. The van der Waals surface area contributed by atoms with Crippen molar-refractivity contribution in [2.75, 3.05) is 63.3 Å². The lowest BCUT2D eigenvalue weighted by molar-refractivity contribution is -0.226. The standard InChI is InChI=1S/C28H38N6O2/c1-28(2)19-35-27(36-20-28)18-33-17-25(30-21-33)24-9-8-23(15-26(24)31(3)4)34-13-11-32(12-14-34)16-22-7-5-6-10-29-22/h5-10,15,17,21,27H,11-14,16,18-20H2,1-4H3. The van der Waals surface area contributed by atoms with E-state index in [1.165, 1.54) is 11.4 Å². The van der Waals surface area contributed by atoms with Gasteiger partial charge in [-0.15, -0.1) is 0 Å². The van der Waals surface area contributed by atoms with Crippen molar-refractivity contribution in [1.29, 1.82) is 0 Å². The lowest BCUT2D eigenvalue weighted by Gasteiger charge is -2.36. The Balaban J connectivity index is 1.24. The molecule has 1 aromatic carbocycles. The molecule has 0 spiro atoms. The van der Waals surface area contributed by atoms with Crippen molar-refractivity contribution in [2.45, 2.75) is 33.2 Å². The van der Waals surface area contributed by atoms with Gasteiger partial charge in [0.05, 0.1) is 37.5 Å². The Bertz CT molecular complexity index is 1130. The van der Waals surface area contributed by atoms with E-state index in [1.807, 2.05) is 18.6 Å². The fourth-order valence-corrected chi connectivity index (χ4v) is 4.79. The highest BCUT2D eigenvalue weighted by atomic mass is 16.7. The molecule has 5 rings (SSSR count). The summed E-state index contributed by atoms with van der Waals surface area (Å²) in [4.78, 5) is 16.3. The van der Waals surface area contributed by atoms with Crippen LogP contribution in [0.15, 0.2) is 55.1 Å². The first kappa shape index (κ1) is 24.7. The first-order valence-corrected chi connectivity index (χ1v) is 12.8. The first-order valence-electron chi connectivity index (χ1n) is 12.8. The van der Waals surface area contributed by atoms with Crippen LogP contribution in [-0.2, 0) is 22.6 Å². The average Bonchev–Trinajstić information content (AvgIpc) is 3.34. The second-order valence-corrected chi connectivity index (χ2v) is 10.9. The van der Waals surface area contributed by atoms with Gasteiger partial charge in [0.1, 0.15) is 0 Å². The summed E-state index contributed by atoms with van der Waals surface area (Å²) >= 11 is 0. The zero-order valence-electron chi connectivity index (χ0n) is 21.9. The first-order chi connectivity index (χ1) is 17.4. The molecule has 0 atom stereocenters. The minimum atomic E-state index is -0.230. The molecule has 0 radical (unpaired) electrons. The van der Waals surface area contributed by atoms with Crippen molar-refractivity contribution in [2.24, 2.45) is 5.41 Å². The van der Waals surface area contributed by atoms with Crippen LogP contribution in [0.25, 0.3) is 11.3 Å². The van der Waals surface area contributed by atoms with E-state index in [0.29, 0.717) is 19.8 Å². The Kier molecular flexibility index (Phi) is 7.27. The summed E-state index contributed by atoms with van der Waals surface area (Å²) in [6.45, 7) is 11.4. The van der Waals surface area contributed by atoms with Crippen molar-refractivity contribution in [1.82, 2.24) is 19.4 Å². The van der Waals surface area contributed by atoms with Crippen LogP contribution in [0.1, 0.15) is 19.5 Å². The molecule has 3 aromatic rings. The van der Waals surface area contributed by atoms with Crippen LogP contribution in [0.5, 0.6) is 0 Å². The summed E-state index contributed by atoms with van der Waals surface area (Å²) in [5.74, 6) is 0. The number of aromatic nitrogens is 3. The molecule has 0 saturated carbocycles. The van der Waals surface area contributed by atoms with Gasteiger partial charge in [0, 0.05) is 81.6 Å². The van der Waals surface area contributed by atoms with Gasteiger partial charge in [0.25, 0.3) is 0 Å². The van der Waals surface area contributed by atoms with Crippen LogP contribution < -0.4 is 9.80 Å². The Morgan fingerprint density at radius 1 is 1.00 bits per heavy atom. The van der Waals surface area contributed by atoms with Gasteiger partial charge < -0.3 is 23.8 Å². The van der Waals surface area contributed by atoms with Gasteiger partial charge in [-0.3, -0.25) is 9.88 Å². The third-order valence-electron chi connectivity index (χ3n) is 6.90. The van der Waals surface area contributed by atoms with Gasteiger partial charge >= 0.3 is 0 Å². The maximum absolute atomic E-state index is 5.91. The quantitative estimate of drug-likeness (QED) is 0.500. The Hall–Kier alpha value is -2.94. The normalized spacial score (nSPS) is 18.9. The van der Waals surface area contributed by atoms with Crippen LogP contribution >= 0.6 is 0 Å². The SMILES string of the molecule is CN(C)c1cc(N2CCN(Cc3ccccn3)CC2)ccc1-c1cn(CC2OCC(C)(C)CO2)cn1. The number of piperazine rings is 1. The minimum absolute atomic E-state index is 0.0741. The Morgan fingerprint density at radius 2 is 1.78 bits per heavy atom. The summed E-state index contributed by atoms with van der Waals surface area (Å²) in [5.41, 5.74) is 5.72. The summed E-state index contributed by atoms with van der Waals surface area (Å²) in [5, 5.41) is 0. The van der Waals surface area contributed by atoms with Gasteiger partial charge in [-0.1, -0.05) is 19.9 Å². The molecule has 8 heteroatoms. The third-order valence-corrected chi connectivity index (χ3v) is 6.90. The largest absolute Gasteiger partial charge is 0.377 e. The van der Waals surface area contributed by atoms with Crippen LogP contribution in [-0.4, -0.2) is 79.2 Å². The smallest absolute Gasteiger partial charge is 0.175 e. The highest BCUT2D eigenvalue weighted by Gasteiger charge is 2.28. The van der Waals surface area contributed by atoms with Crippen LogP contribution in [0, 0.1) is 5.41 Å². The molecule has 4 heterocycles. The maximum atomic E-state index is 5.91. The van der Waals surface area contributed by atoms with E-state index in [0.717, 1.165) is 49.7 Å². The van der Waals surface area contributed by atoms with Crippen LogP contribution in [0.4, 0.5) is 11.4 Å². The van der Waals surface area contributed by atoms with E-state index in [4.69, 9.17) is 14.5 Å². The number of anilines is 2. The second-order valence-electron chi connectivity index (χ2n) is 10.9. The number of ether oxygens (including phenoxy) is 2. The predicted octanol–water partition coefficient (Wildman–Crippen LogP) is 3.73. The van der Waals surface area contributed by atoms with Crippen molar-refractivity contribution in [3.63, 3.8) is 0 Å². The van der Waals surface area contributed by atoms with Gasteiger partial charge in [0.15, 0.2) is 6.29 Å². The monoisotopic (exact) mass is 490 g/mol. The Labute approximate surface area is 214 Å². The number of nitrogens with zero attached hydrogens (tertiary/aromatic N) is 6. The van der Waals surface area contributed by atoms with E-state index in [-0.39, 0.29) is 11.7 Å². The molecule has 0 unspecified atom stereocenters. The highest BCUT2D eigenvalue weighted by Crippen LogP contribution is 2.33. The Morgan fingerprint density at radius 3 is 2.47 bits per heavy atom. The molecule has 36 heavy (non-hydrogen) atoms. The summed E-state index contributed by atoms with van der Waals surface area (Å²) in [6.07, 6.45) is 5.60. The lowest BCUT2D eigenvalue weighted by Crippen LogP contribution is -2.46. The molecule has 2 aliphatic heterocycles. The summed E-state index contributed by atoms with van der Waals surface area (Å²) in [6, 6.07) is 12.9. The molecule has 2 saturated heterocycles. The maximum Gasteiger partial charge on any atom is 0.175 e. The second kappa shape index (κ2) is 10.6. The molecular formula is C28H38N6O2. The van der Waals surface area contributed by atoms with Crippen molar-refractivity contribution >= 4 is 11.4 Å². The van der Waals surface area contributed by atoms with Gasteiger partial charge in [-0.05, 0) is 30.3 Å². The molecule has 0 N–H and O–H groups in total. The number of hydrogen-bond donors (Lipinski definition) is 0. The van der Waals surface area contributed by atoms with E-state index in [9.17, 15) is 0 Å². The fraction of sp³-hybridized carbons (Fsp3) is 0.500. The number of benzene rings is 1. The van der Waals surface area contributed by atoms with Crippen LogP contribution in [0.2, 0.25) is 0 Å². The average molecular weight is 491 g/mol.